The number of hydrogen-bond donors (Lipinski definition) is 0. The van der Waals surface area contributed by atoms with Crippen LogP contribution in [0.25, 0.3) is 5.57 Å². The van der Waals surface area contributed by atoms with Gasteiger partial charge in [0.25, 0.3) is 0 Å². The van der Waals surface area contributed by atoms with E-state index in [-0.39, 0.29) is 0 Å². The van der Waals surface area contributed by atoms with Crippen LogP contribution in [0.15, 0.2) is 42.5 Å². The van der Waals surface area contributed by atoms with Gasteiger partial charge >= 0.3 is 0 Å². The third-order valence-corrected chi connectivity index (χ3v) is 2.41. The lowest BCUT2D eigenvalue weighted by atomic mass is 10.0. The van der Waals surface area contributed by atoms with E-state index in [1.165, 1.54) is 5.57 Å². The topological polar surface area (TPSA) is 0 Å². The highest BCUT2D eigenvalue weighted by Gasteiger charge is 1.96. The van der Waals surface area contributed by atoms with Gasteiger partial charge in [-0.05, 0) is 36.6 Å². The van der Waals surface area contributed by atoms with E-state index in [1.807, 2.05) is 24.3 Å². The van der Waals surface area contributed by atoms with Crippen LogP contribution in [0.5, 0.6) is 0 Å². The fourth-order valence-electron chi connectivity index (χ4n) is 1.17. The molecule has 1 rings (SSSR count). The van der Waals surface area contributed by atoms with Gasteiger partial charge in [-0.3, -0.25) is 0 Å². The van der Waals surface area contributed by atoms with E-state index in [0.717, 1.165) is 22.6 Å². The first-order chi connectivity index (χ1) is 6.63. The van der Waals surface area contributed by atoms with E-state index in [4.69, 9.17) is 11.6 Å². The van der Waals surface area contributed by atoms with Crippen molar-refractivity contribution in [2.75, 3.05) is 0 Å². The smallest absolute Gasteiger partial charge is 0.0412 e. The van der Waals surface area contributed by atoms with Crippen LogP contribution in [0, 0.1) is 0 Å². The molecular weight excluding hydrogens is 192 g/mol. The van der Waals surface area contributed by atoms with E-state index < -0.39 is 0 Å². The summed E-state index contributed by atoms with van der Waals surface area (Å²) in [5.41, 5.74) is 3.44. The van der Waals surface area contributed by atoms with E-state index in [2.05, 4.69) is 26.5 Å². The van der Waals surface area contributed by atoms with Gasteiger partial charge in [-0.25, -0.2) is 0 Å². The zero-order valence-corrected chi connectivity index (χ0v) is 9.43. The maximum atomic E-state index is 5.90. The second-order valence-corrected chi connectivity index (χ2v) is 3.82. The molecule has 0 aliphatic heterocycles. The zero-order chi connectivity index (χ0) is 10.6. The van der Waals surface area contributed by atoms with Crippen molar-refractivity contribution in [3.63, 3.8) is 0 Å². The molecule has 14 heavy (non-hydrogen) atoms. The molecule has 0 spiro atoms. The first-order valence-electron chi connectivity index (χ1n) is 4.75. The lowest BCUT2D eigenvalue weighted by Crippen LogP contribution is -1.80. The molecule has 0 fully saturated rings. The van der Waals surface area contributed by atoms with E-state index in [0.29, 0.717) is 0 Å². The Balaban J connectivity index is 2.90. The lowest BCUT2D eigenvalue weighted by Gasteiger charge is -2.02. The molecule has 0 amide bonds. The molecule has 1 aromatic rings. The molecule has 0 aliphatic rings. The quantitative estimate of drug-likeness (QED) is 0.629. The van der Waals surface area contributed by atoms with Crippen molar-refractivity contribution in [2.24, 2.45) is 0 Å². The van der Waals surface area contributed by atoms with Gasteiger partial charge in [0.1, 0.15) is 0 Å². The van der Waals surface area contributed by atoms with Crippen molar-refractivity contribution < 1.29 is 0 Å². The Morgan fingerprint density at radius 2 is 2.21 bits per heavy atom. The standard InChI is InChI=1S/C13H15Cl/c1-4-10(2)8-11(3)12-6-5-7-13(14)9-12/h5-9H,3-4H2,1-2H3/b10-8+. The first kappa shape index (κ1) is 11.1. The molecule has 0 bridgehead atoms. The van der Waals surface area contributed by atoms with Crippen molar-refractivity contribution >= 4 is 17.2 Å². The molecular formula is C13H15Cl. The summed E-state index contributed by atoms with van der Waals surface area (Å²) in [5, 5.41) is 0.756. The van der Waals surface area contributed by atoms with Gasteiger partial charge in [0.2, 0.25) is 0 Å². The van der Waals surface area contributed by atoms with Crippen molar-refractivity contribution in [1.82, 2.24) is 0 Å². The Morgan fingerprint density at radius 1 is 1.50 bits per heavy atom. The summed E-state index contributed by atoms with van der Waals surface area (Å²) in [6.45, 7) is 8.26. The minimum Gasteiger partial charge on any atom is -0.0912 e. The summed E-state index contributed by atoms with van der Waals surface area (Å²) in [6.07, 6.45) is 3.16. The molecule has 0 radical (unpaired) electrons. The molecule has 1 aromatic carbocycles. The summed E-state index contributed by atoms with van der Waals surface area (Å²) in [6, 6.07) is 7.77. The highest BCUT2D eigenvalue weighted by atomic mass is 35.5. The first-order valence-corrected chi connectivity index (χ1v) is 5.13. The van der Waals surface area contributed by atoms with Crippen LogP contribution in [0.2, 0.25) is 5.02 Å². The van der Waals surface area contributed by atoms with Crippen LogP contribution < -0.4 is 0 Å². The van der Waals surface area contributed by atoms with Crippen LogP contribution >= 0.6 is 11.6 Å². The summed E-state index contributed by atoms with van der Waals surface area (Å²) in [7, 11) is 0. The molecule has 0 N–H and O–H groups in total. The average molecular weight is 207 g/mol. The third kappa shape index (κ3) is 3.04. The number of benzene rings is 1. The predicted molar refractivity (Wildman–Crippen MR) is 64.5 cm³/mol. The second-order valence-electron chi connectivity index (χ2n) is 3.38. The second kappa shape index (κ2) is 5.02. The molecule has 0 atom stereocenters. The zero-order valence-electron chi connectivity index (χ0n) is 8.68. The SMILES string of the molecule is C=C(/C=C(\C)CC)c1cccc(Cl)c1. The molecule has 0 heterocycles. The highest BCUT2D eigenvalue weighted by molar-refractivity contribution is 6.30. The molecule has 0 aliphatic carbocycles. The van der Waals surface area contributed by atoms with Crippen LogP contribution in [0.4, 0.5) is 0 Å². The predicted octanol–water partition coefficient (Wildman–Crippen LogP) is 4.71. The van der Waals surface area contributed by atoms with Crippen LogP contribution in [0.3, 0.4) is 0 Å². The Labute approximate surface area is 90.9 Å². The Kier molecular flexibility index (Phi) is 3.97. The molecule has 1 heteroatoms. The van der Waals surface area contributed by atoms with E-state index in [1.54, 1.807) is 0 Å². The van der Waals surface area contributed by atoms with Crippen LogP contribution in [-0.2, 0) is 0 Å². The minimum absolute atomic E-state index is 0.756. The summed E-state index contributed by atoms with van der Waals surface area (Å²) in [5.74, 6) is 0. The van der Waals surface area contributed by atoms with Crippen LogP contribution in [0.1, 0.15) is 25.8 Å². The van der Waals surface area contributed by atoms with Crippen LogP contribution in [-0.4, -0.2) is 0 Å². The van der Waals surface area contributed by atoms with Crippen molar-refractivity contribution in [3.8, 4) is 0 Å². The van der Waals surface area contributed by atoms with Crippen molar-refractivity contribution in [1.29, 1.82) is 0 Å². The van der Waals surface area contributed by atoms with Gasteiger partial charge in [-0.15, -0.1) is 0 Å². The molecule has 0 saturated carbocycles. The molecule has 0 aromatic heterocycles. The molecule has 0 saturated heterocycles. The normalized spacial score (nSPS) is 11.5. The highest BCUT2D eigenvalue weighted by Crippen LogP contribution is 2.19. The largest absolute Gasteiger partial charge is 0.0912 e. The van der Waals surface area contributed by atoms with E-state index >= 15 is 0 Å². The average Bonchev–Trinajstić information content (AvgIpc) is 2.17. The van der Waals surface area contributed by atoms with Gasteiger partial charge in [-0.1, -0.05) is 48.9 Å². The minimum atomic E-state index is 0.756. The number of rotatable bonds is 3. The molecule has 74 valence electrons. The third-order valence-electron chi connectivity index (χ3n) is 2.17. The maximum Gasteiger partial charge on any atom is 0.0412 e. The Bertz CT molecular complexity index is 361. The van der Waals surface area contributed by atoms with Gasteiger partial charge in [0.05, 0.1) is 0 Å². The summed E-state index contributed by atoms with van der Waals surface area (Å²) >= 11 is 5.90. The number of hydrogen-bond acceptors (Lipinski definition) is 0. The maximum absolute atomic E-state index is 5.90. The van der Waals surface area contributed by atoms with Gasteiger partial charge in [0, 0.05) is 5.02 Å². The monoisotopic (exact) mass is 206 g/mol. The van der Waals surface area contributed by atoms with Gasteiger partial charge in [0.15, 0.2) is 0 Å². The van der Waals surface area contributed by atoms with Gasteiger partial charge < -0.3 is 0 Å². The molecule has 0 unspecified atom stereocenters. The fraction of sp³-hybridized carbons (Fsp3) is 0.231. The lowest BCUT2D eigenvalue weighted by molar-refractivity contribution is 1.10. The Morgan fingerprint density at radius 3 is 2.79 bits per heavy atom. The van der Waals surface area contributed by atoms with Crippen molar-refractivity contribution in [3.05, 3.63) is 53.1 Å². The summed E-state index contributed by atoms with van der Waals surface area (Å²) in [4.78, 5) is 0. The van der Waals surface area contributed by atoms with Crippen molar-refractivity contribution in [2.45, 2.75) is 20.3 Å². The number of allylic oxidation sites excluding steroid dienone is 3. The molecule has 0 nitrogen and oxygen atoms in total. The van der Waals surface area contributed by atoms with E-state index in [9.17, 15) is 0 Å². The fourth-order valence-corrected chi connectivity index (χ4v) is 1.36. The van der Waals surface area contributed by atoms with Gasteiger partial charge in [-0.2, -0.15) is 0 Å². The Hall–Kier alpha value is -1.01. The number of halogens is 1. The summed E-state index contributed by atoms with van der Waals surface area (Å²) < 4.78 is 0.